The molecule has 0 bridgehead atoms. The van der Waals surface area contributed by atoms with Crippen molar-refractivity contribution in [1.82, 2.24) is 5.32 Å². The molecular formula is C12H22ClNO. The molecule has 1 amide bonds. The summed E-state index contributed by atoms with van der Waals surface area (Å²) < 4.78 is 0. The molecule has 0 heterocycles. The van der Waals surface area contributed by atoms with Gasteiger partial charge in [0.15, 0.2) is 0 Å². The molecule has 1 saturated carbocycles. The fourth-order valence-electron chi connectivity index (χ4n) is 1.91. The number of hydrogen-bond acceptors (Lipinski definition) is 1. The molecule has 3 heteroatoms. The van der Waals surface area contributed by atoms with Gasteiger partial charge in [0.05, 0.1) is 5.54 Å². The van der Waals surface area contributed by atoms with E-state index in [4.69, 9.17) is 11.6 Å². The highest BCUT2D eigenvalue weighted by Crippen LogP contribution is 2.51. The van der Waals surface area contributed by atoms with E-state index in [9.17, 15) is 4.79 Å². The quantitative estimate of drug-likeness (QED) is 0.725. The number of nitrogens with one attached hydrogen (secondary N) is 1. The van der Waals surface area contributed by atoms with Crippen LogP contribution in [-0.4, -0.2) is 17.3 Å². The average molecular weight is 232 g/mol. The molecule has 1 aliphatic carbocycles. The summed E-state index contributed by atoms with van der Waals surface area (Å²) in [6.45, 7) is 8.42. The topological polar surface area (TPSA) is 29.1 Å². The standard InChI is InChI=1S/C12H22ClNO/c1-5-12(6-2,8-13)14-10(15)9-7-11(9,3)4/h9H,5-8H2,1-4H3,(H,14,15). The maximum absolute atomic E-state index is 11.9. The number of alkyl halides is 1. The molecule has 88 valence electrons. The summed E-state index contributed by atoms with van der Waals surface area (Å²) in [5, 5.41) is 3.13. The Labute approximate surface area is 97.8 Å². The molecule has 0 saturated heterocycles. The lowest BCUT2D eigenvalue weighted by molar-refractivity contribution is -0.124. The van der Waals surface area contributed by atoms with Crippen LogP contribution in [0.15, 0.2) is 0 Å². The van der Waals surface area contributed by atoms with Crippen LogP contribution < -0.4 is 5.32 Å². The van der Waals surface area contributed by atoms with Gasteiger partial charge in [-0.1, -0.05) is 27.7 Å². The third-order valence-corrected chi connectivity index (χ3v) is 4.34. The Bertz CT molecular complexity index is 238. The molecule has 1 fully saturated rings. The third kappa shape index (κ3) is 2.66. The van der Waals surface area contributed by atoms with Crippen LogP contribution in [0.5, 0.6) is 0 Å². The number of halogens is 1. The Hall–Kier alpha value is -0.240. The van der Waals surface area contributed by atoms with Gasteiger partial charge < -0.3 is 5.32 Å². The monoisotopic (exact) mass is 231 g/mol. The normalized spacial score (nSPS) is 23.7. The molecule has 1 atom stereocenters. The van der Waals surface area contributed by atoms with Gasteiger partial charge in [-0.3, -0.25) is 4.79 Å². The largest absolute Gasteiger partial charge is 0.349 e. The van der Waals surface area contributed by atoms with E-state index in [1.807, 2.05) is 0 Å². The average Bonchev–Trinajstić information content (AvgIpc) is 2.84. The predicted octanol–water partition coefficient (Wildman–Crippen LogP) is 2.95. The van der Waals surface area contributed by atoms with Gasteiger partial charge in [-0.25, -0.2) is 0 Å². The summed E-state index contributed by atoms with van der Waals surface area (Å²) >= 11 is 5.95. The first-order chi connectivity index (χ1) is 6.90. The molecule has 0 aromatic carbocycles. The highest BCUT2D eigenvalue weighted by atomic mass is 35.5. The molecular weight excluding hydrogens is 210 g/mol. The molecule has 0 radical (unpaired) electrons. The van der Waals surface area contributed by atoms with E-state index >= 15 is 0 Å². The van der Waals surface area contributed by atoms with Gasteiger partial charge in [-0.2, -0.15) is 0 Å². The number of amides is 1. The van der Waals surface area contributed by atoms with Gasteiger partial charge in [0.25, 0.3) is 0 Å². The van der Waals surface area contributed by atoms with E-state index in [1.54, 1.807) is 0 Å². The summed E-state index contributed by atoms with van der Waals surface area (Å²) in [6, 6.07) is 0. The second kappa shape index (κ2) is 4.32. The zero-order valence-electron chi connectivity index (χ0n) is 10.2. The second-order valence-corrected chi connectivity index (χ2v) is 5.62. The maximum atomic E-state index is 11.9. The highest BCUT2D eigenvalue weighted by Gasteiger charge is 2.51. The number of carbonyl (C=O) groups is 1. The Morgan fingerprint density at radius 1 is 1.47 bits per heavy atom. The zero-order valence-corrected chi connectivity index (χ0v) is 10.9. The van der Waals surface area contributed by atoms with Crippen molar-refractivity contribution < 1.29 is 4.79 Å². The van der Waals surface area contributed by atoms with Crippen LogP contribution in [0.25, 0.3) is 0 Å². The summed E-state index contributed by atoms with van der Waals surface area (Å²) in [6.07, 6.45) is 2.79. The molecule has 1 aliphatic rings. The molecule has 0 aliphatic heterocycles. The minimum absolute atomic E-state index is 0.185. The maximum Gasteiger partial charge on any atom is 0.224 e. The van der Waals surface area contributed by atoms with Crippen LogP contribution in [0.3, 0.4) is 0 Å². The summed E-state index contributed by atoms with van der Waals surface area (Å²) in [4.78, 5) is 11.9. The van der Waals surface area contributed by atoms with Crippen LogP contribution >= 0.6 is 11.6 Å². The Balaban J connectivity index is 2.56. The summed E-state index contributed by atoms with van der Waals surface area (Å²) in [5.41, 5.74) is 0.000921. The van der Waals surface area contributed by atoms with Crippen LogP contribution in [0.4, 0.5) is 0 Å². The van der Waals surface area contributed by atoms with Crippen molar-refractivity contribution in [2.75, 3.05) is 5.88 Å². The van der Waals surface area contributed by atoms with E-state index in [2.05, 4.69) is 33.0 Å². The molecule has 2 nitrogen and oxygen atoms in total. The fourth-order valence-corrected chi connectivity index (χ4v) is 2.36. The summed E-state index contributed by atoms with van der Waals surface area (Å²) in [5.74, 6) is 0.876. The van der Waals surface area contributed by atoms with Crippen molar-refractivity contribution in [3.63, 3.8) is 0 Å². The van der Waals surface area contributed by atoms with Gasteiger partial charge in [0.1, 0.15) is 0 Å². The zero-order chi connectivity index (χ0) is 11.7. The van der Waals surface area contributed by atoms with E-state index < -0.39 is 0 Å². The second-order valence-electron chi connectivity index (χ2n) is 5.36. The van der Waals surface area contributed by atoms with Crippen molar-refractivity contribution in [2.24, 2.45) is 11.3 Å². The Morgan fingerprint density at radius 3 is 2.20 bits per heavy atom. The minimum atomic E-state index is -0.197. The van der Waals surface area contributed by atoms with Crippen LogP contribution in [0, 0.1) is 11.3 Å². The summed E-state index contributed by atoms with van der Waals surface area (Å²) in [7, 11) is 0. The lowest BCUT2D eigenvalue weighted by Gasteiger charge is -2.31. The van der Waals surface area contributed by atoms with Gasteiger partial charge in [0, 0.05) is 11.8 Å². The van der Waals surface area contributed by atoms with E-state index in [1.165, 1.54) is 0 Å². The van der Waals surface area contributed by atoms with Gasteiger partial charge in [0.2, 0.25) is 5.91 Å². The molecule has 1 N–H and O–H groups in total. The fraction of sp³-hybridized carbons (Fsp3) is 0.917. The first-order valence-corrected chi connectivity index (χ1v) is 6.32. The smallest absolute Gasteiger partial charge is 0.224 e. The first kappa shape index (κ1) is 12.8. The van der Waals surface area contributed by atoms with E-state index in [-0.39, 0.29) is 22.8 Å². The van der Waals surface area contributed by atoms with E-state index in [0.29, 0.717) is 5.88 Å². The lowest BCUT2D eigenvalue weighted by Crippen LogP contribution is -2.50. The third-order valence-electron chi connectivity index (χ3n) is 3.83. The van der Waals surface area contributed by atoms with Crippen molar-refractivity contribution in [2.45, 2.75) is 52.5 Å². The van der Waals surface area contributed by atoms with Crippen LogP contribution in [-0.2, 0) is 4.79 Å². The van der Waals surface area contributed by atoms with Crippen molar-refractivity contribution in [1.29, 1.82) is 0 Å². The molecule has 0 aromatic heterocycles. The van der Waals surface area contributed by atoms with Crippen LogP contribution in [0.2, 0.25) is 0 Å². The highest BCUT2D eigenvalue weighted by molar-refractivity contribution is 6.18. The van der Waals surface area contributed by atoms with Crippen molar-refractivity contribution >= 4 is 17.5 Å². The first-order valence-electron chi connectivity index (χ1n) is 5.79. The number of rotatable bonds is 5. The van der Waals surface area contributed by atoms with Crippen LogP contribution in [0.1, 0.15) is 47.0 Å². The van der Waals surface area contributed by atoms with Gasteiger partial charge >= 0.3 is 0 Å². The molecule has 1 unspecified atom stereocenters. The Morgan fingerprint density at radius 2 is 1.93 bits per heavy atom. The Kier molecular flexibility index (Phi) is 3.70. The molecule has 0 aromatic rings. The predicted molar refractivity (Wildman–Crippen MR) is 64.1 cm³/mol. The molecule has 15 heavy (non-hydrogen) atoms. The SMILES string of the molecule is CCC(CC)(CCl)NC(=O)C1CC1(C)C. The number of carbonyl (C=O) groups excluding carboxylic acids is 1. The van der Waals surface area contributed by atoms with Crippen molar-refractivity contribution in [3.8, 4) is 0 Å². The van der Waals surface area contributed by atoms with Gasteiger partial charge in [-0.15, -0.1) is 11.6 Å². The van der Waals surface area contributed by atoms with Gasteiger partial charge in [-0.05, 0) is 24.7 Å². The molecule has 1 rings (SSSR count). The minimum Gasteiger partial charge on any atom is -0.349 e. The number of hydrogen-bond donors (Lipinski definition) is 1. The van der Waals surface area contributed by atoms with Crippen molar-refractivity contribution in [3.05, 3.63) is 0 Å². The van der Waals surface area contributed by atoms with E-state index in [0.717, 1.165) is 19.3 Å². The lowest BCUT2D eigenvalue weighted by atomic mass is 9.94. The molecule has 0 spiro atoms.